The first-order valence-corrected chi connectivity index (χ1v) is 3.63. The van der Waals surface area contributed by atoms with E-state index in [1.807, 2.05) is 0 Å². The minimum absolute atomic E-state index is 0.200. The lowest BCUT2D eigenvalue weighted by Crippen LogP contribution is -2.28. The number of amides is 1. The molecular weight excluding hydrogens is 197 g/mol. The number of primary amides is 1. The Kier molecular flexibility index (Phi) is 2.76. The van der Waals surface area contributed by atoms with E-state index in [-0.39, 0.29) is 5.56 Å². The molecule has 1 aromatic rings. The van der Waals surface area contributed by atoms with E-state index in [9.17, 15) is 18.0 Å². The first kappa shape index (κ1) is 10.5. The summed E-state index contributed by atoms with van der Waals surface area (Å²) in [6.45, 7) is 0. The molecule has 0 saturated heterocycles. The van der Waals surface area contributed by atoms with Gasteiger partial charge in [0.05, 0.1) is 0 Å². The molecular formula is C8H7F3N2O. The van der Waals surface area contributed by atoms with Gasteiger partial charge >= 0.3 is 0 Å². The molecule has 0 spiro atoms. The van der Waals surface area contributed by atoms with Crippen LogP contribution in [-0.2, 0) is 4.79 Å². The standard InChI is InChI=1S/C8H7F3N2O/c9-4-1-3(7(12)8(13)14)2-5(10)6(4)11/h1-2,7H,12H2,(H2,13,14). The number of hydrogen-bond donors (Lipinski definition) is 2. The Bertz CT molecular complexity index is 358. The third-order valence-electron chi connectivity index (χ3n) is 1.67. The molecule has 3 nitrogen and oxygen atoms in total. The second-order valence-corrected chi connectivity index (χ2v) is 2.68. The first-order valence-electron chi connectivity index (χ1n) is 3.63. The van der Waals surface area contributed by atoms with Crippen LogP contribution in [0.3, 0.4) is 0 Å². The van der Waals surface area contributed by atoms with Gasteiger partial charge in [-0.05, 0) is 17.7 Å². The van der Waals surface area contributed by atoms with Crippen LogP contribution in [0.15, 0.2) is 12.1 Å². The summed E-state index contributed by atoms with van der Waals surface area (Å²) in [4.78, 5) is 10.6. The number of nitrogens with two attached hydrogens (primary N) is 2. The third kappa shape index (κ3) is 1.85. The van der Waals surface area contributed by atoms with Gasteiger partial charge in [0, 0.05) is 0 Å². The van der Waals surface area contributed by atoms with Crippen molar-refractivity contribution in [3.8, 4) is 0 Å². The van der Waals surface area contributed by atoms with E-state index in [0.29, 0.717) is 12.1 Å². The maximum Gasteiger partial charge on any atom is 0.238 e. The highest BCUT2D eigenvalue weighted by Crippen LogP contribution is 2.17. The summed E-state index contributed by atoms with van der Waals surface area (Å²) < 4.78 is 37.8. The molecule has 0 aliphatic rings. The summed E-state index contributed by atoms with van der Waals surface area (Å²) in [6.07, 6.45) is 0. The highest BCUT2D eigenvalue weighted by Gasteiger charge is 2.17. The molecule has 0 fully saturated rings. The predicted octanol–water partition coefficient (Wildman–Crippen LogP) is 0.589. The van der Waals surface area contributed by atoms with Crippen molar-refractivity contribution < 1.29 is 18.0 Å². The number of rotatable bonds is 2. The van der Waals surface area contributed by atoms with Gasteiger partial charge in [-0.3, -0.25) is 4.79 Å². The zero-order valence-corrected chi connectivity index (χ0v) is 6.93. The van der Waals surface area contributed by atoms with Crippen LogP contribution < -0.4 is 11.5 Å². The summed E-state index contributed by atoms with van der Waals surface area (Å²) in [6, 6.07) is -0.0820. The first-order chi connectivity index (χ1) is 6.43. The molecule has 0 heterocycles. The van der Waals surface area contributed by atoms with Gasteiger partial charge in [-0.2, -0.15) is 0 Å². The topological polar surface area (TPSA) is 69.1 Å². The summed E-state index contributed by atoms with van der Waals surface area (Å²) in [5, 5.41) is 0. The van der Waals surface area contributed by atoms with E-state index < -0.39 is 29.4 Å². The average molecular weight is 204 g/mol. The minimum atomic E-state index is -1.61. The van der Waals surface area contributed by atoms with Gasteiger partial charge in [-0.1, -0.05) is 0 Å². The van der Waals surface area contributed by atoms with Gasteiger partial charge in [0.15, 0.2) is 17.5 Å². The van der Waals surface area contributed by atoms with Crippen LogP contribution in [-0.4, -0.2) is 5.91 Å². The van der Waals surface area contributed by atoms with Gasteiger partial charge in [-0.15, -0.1) is 0 Å². The number of hydrogen-bond acceptors (Lipinski definition) is 2. The lowest BCUT2D eigenvalue weighted by Gasteiger charge is -2.08. The van der Waals surface area contributed by atoms with E-state index in [1.165, 1.54) is 0 Å². The molecule has 1 unspecified atom stereocenters. The van der Waals surface area contributed by atoms with Gasteiger partial charge in [-0.25, -0.2) is 13.2 Å². The van der Waals surface area contributed by atoms with Crippen molar-refractivity contribution in [1.82, 2.24) is 0 Å². The summed E-state index contributed by atoms with van der Waals surface area (Å²) >= 11 is 0. The third-order valence-corrected chi connectivity index (χ3v) is 1.67. The van der Waals surface area contributed by atoms with Crippen LogP contribution in [0.5, 0.6) is 0 Å². The smallest absolute Gasteiger partial charge is 0.238 e. The molecule has 1 atom stereocenters. The van der Waals surface area contributed by atoms with Crippen LogP contribution in [0.2, 0.25) is 0 Å². The lowest BCUT2D eigenvalue weighted by atomic mass is 10.1. The van der Waals surface area contributed by atoms with Crippen LogP contribution in [0, 0.1) is 17.5 Å². The summed E-state index contributed by atoms with van der Waals surface area (Å²) in [7, 11) is 0. The molecule has 76 valence electrons. The van der Waals surface area contributed by atoms with E-state index in [4.69, 9.17) is 11.5 Å². The molecule has 1 rings (SSSR count). The van der Waals surface area contributed by atoms with Crippen molar-refractivity contribution in [3.63, 3.8) is 0 Å². The van der Waals surface area contributed by atoms with Crippen LogP contribution in [0.25, 0.3) is 0 Å². The number of carbonyl (C=O) groups excluding carboxylic acids is 1. The largest absolute Gasteiger partial charge is 0.368 e. The molecule has 1 amide bonds. The van der Waals surface area contributed by atoms with E-state index in [0.717, 1.165) is 0 Å². The average Bonchev–Trinajstić information content (AvgIpc) is 2.12. The van der Waals surface area contributed by atoms with Crippen molar-refractivity contribution >= 4 is 5.91 Å². The molecule has 0 radical (unpaired) electrons. The molecule has 4 N–H and O–H groups in total. The highest BCUT2D eigenvalue weighted by molar-refractivity contribution is 5.81. The Hall–Kier alpha value is -1.56. The zero-order chi connectivity index (χ0) is 10.9. The van der Waals surface area contributed by atoms with Gasteiger partial charge in [0.2, 0.25) is 5.91 Å². The van der Waals surface area contributed by atoms with Crippen molar-refractivity contribution in [2.45, 2.75) is 6.04 Å². The number of benzene rings is 1. The molecule has 6 heteroatoms. The molecule has 14 heavy (non-hydrogen) atoms. The highest BCUT2D eigenvalue weighted by atomic mass is 19.2. The van der Waals surface area contributed by atoms with Crippen molar-refractivity contribution in [1.29, 1.82) is 0 Å². The number of carbonyl (C=O) groups is 1. The molecule has 0 aliphatic carbocycles. The normalized spacial score (nSPS) is 12.6. The Labute approximate surface area is 77.5 Å². The molecule has 0 saturated carbocycles. The Morgan fingerprint density at radius 2 is 1.64 bits per heavy atom. The fourth-order valence-corrected chi connectivity index (χ4v) is 0.919. The van der Waals surface area contributed by atoms with Gasteiger partial charge < -0.3 is 11.5 Å². The van der Waals surface area contributed by atoms with Crippen molar-refractivity contribution in [3.05, 3.63) is 35.1 Å². The lowest BCUT2D eigenvalue weighted by molar-refractivity contribution is -0.119. The second-order valence-electron chi connectivity index (χ2n) is 2.68. The molecule has 0 aromatic heterocycles. The van der Waals surface area contributed by atoms with Crippen LogP contribution in [0.4, 0.5) is 13.2 Å². The van der Waals surface area contributed by atoms with Gasteiger partial charge in [0.1, 0.15) is 6.04 Å². The maximum absolute atomic E-state index is 12.6. The van der Waals surface area contributed by atoms with Crippen LogP contribution >= 0.6 is 0 Å². The van der Waals surface area contributed by atoms with E-state index in [1.54, 1.807) is 0 Å². The van der Waals surface area contributed by atoms with E-state index in [2.05, 4.69) is 0 Å². The minimum Gasteiger partial charge on any atom is -0.368 e. The monoisotopic (exact) mass is 204 g/mol. The number of halogens is 3. The van der Waals surface area contributed by atoms with Crippen molar-refractivity contribution in [2.24, 2.45) is 11.5 Å². The Morgan fingerprint density at radius 1 is 1.21 bits per heavy atom. The summed E-state index contributed by atoms with van der Waals surface area (Å²) in [5.74, 6) is -5.37. The Balaban J connectivity index is 3.19. The second kappa shape index (κ2) is 3.67. The Morgan fingerprint density at radius 3 is 2.00 bits per heavy atom. The summed E-state index contributed by atoms with van der Waals surface area (Å²) in [5.41, 5.74) is 9.80. The molecule has 0 aliphatic heterocycles. The zero-order valence-electron chi connectivity index (χ0n) is 6.93. The molecule has 0 bridgehead atoms. The van der Waals surface area contributed by atoms with Crippen molar-refractivity contribution in [2.75, 3.05) is 0 Å². The van der Waals surface area contributed by atoms with Gasteiger partial charge in [0.25, 0.3) is 0 Å². The predicted molar refractivity (Wildman–Crippen MR) is 42.4 cm³/mol. The fourth-order valence-electron chi connectivity index (χ4n) is 0.919. The quantitative estimate of drug-likeness (QED) is 0.692. The fraction of sp³-hybridized carbons (Fsp3) is 0.125. The maximum atomic E-state index is 12.6. The van der Waals surface area contributed by atoms with E-state index >= 15 is 0 Å². The molecule has 1 aromatic carbocycles. The SMILES string of the molecule is NC(=O)C(N)c1cc(F)c(F)c(F)c1. The van der Waals surface area contributed by atoms with Crippen LogP contribution in [0.1, 0.15) is 11.6 Å².